The molecule has 5 aliphatic carbocycles. The molecule has 0 heterocycles. The smallest absolute Gasteiger partial charge is 0.121 e. The predicted molar refractivity (Wildman–Crippen MR) is 242 cm³/mol. The molecular formula is C54H68O5. The second kappa shape index (κ2) is 18.6. The summed E-state index contributed by atoms with van der Waals surface area (Å²) in [6, 6.07) is 34.5. The first-order chi connectivity index (χ1) is 28.4. The van der Waals surface area contributed by atoms with Gasteiger partial charge in [-0.2, -0.15) is 0 Å². The van der Waals surface area contributed by atoms with Crippen molar-refractivity contribution in [2.75, 3.05) is 0 Å². The molecule has 5 N–H and O–H groups in total. The van der Waals surface area contributed by atoms with Crippen molar-refractivity contribution in [3.05, 3.63) is 148 Å². The Balaban J connectivity index is 0.000000198. The number of hydrogen-bond donors (Lipinski definition) is 5. The number of benzene rings is 5. The molecular weight excluding hydrogens is 729 g/mol. The summed E-state index contributed by atoms with van der Waals surface area (Å²) in [5.74, 6) is 4.44. The lowest BCUT2D eigenvalue weighted by molar-refractivity contribution is -0.00526. The van der Waals surface area contributed by atoms with Gasteiger partial charge >= 0.3 is 0 Å². The van der Waals surface area contributed by atoms with E-state index in [9.17, 15) is 25.5 Å². The third kappa shape index (κ3) is 9.00. The first-order valence-electron chi connectivity index (χ1n) is 22.4. The molecule has 5 heteroatoms. The molecule has 0 saturated heterocycles. The highest BCUT2D eigenvalue weighted by Crippen LogP contribution is 2.61. The third-order valence-corrected chi connectivity index (χ3v) is 14.0. The van der Waals surface area contributed by atoms with Crippen molar-refractivity contribution in [2.24, 2.45) is 17.8 Å². The van der Waals surface area contributed by atoms with Crippen LogP contribution < -0.4 is 0 Å². The molecule has 0 amide bonds. The first-order valence-corrected chi connectivity index (χ1v) is 22.4. The van der Waals surface area contributed by atoms with Gasteiger partial charge in [0.15, 0.2) is 0 Å². The van der Waals surface area contributed by atoms with Gasteiger partial charge in [0.2, 0.25) is 0 Å². The van der Waals surface area contributed by atoms with Gasteiger partial charge in [0.25, 0.3) is 0 Å². The van der Waals surface area contributed by atoms with Crippen LogP contribution in [0.1, 0.15) is 144 Å². The number of aromatic hydroxyl groups is 5. The van der Waals surface area contributed by atoms with E-state index in [1.165, 1.54) is 44.9 Å². The van der Waals surface area contributed by atoms with E-state index < -0.39 is 0 Å². The summed E-state index contributed by atoms with van der Waals surface area (Å²) in [7, 11) is 0. The standard InChI is InChI=1S/C30H28O4.C19H26O.C3H8.C2H6/c31-25-9-1-21(2-10-25)29(22-3-11-26(32)12-4-22)17-19-30(20-18-29,23-5-13-27(33)14-6-23)24-7-15-28(34)16-8-24;1-3-16-8-17(4-12(2)18(16)20)19-9-13-5-14(10-19)7-15(6-13)11-19;1-3-2;1-2/h1-16,31-34H,17-20H2;4,8,13-15,20H,3,5-7,9-11H2,1-2H3;3H2,1-2H3;1-2H3. The van der Waals surface area contributed by atoms with Crippen molar-refractivity contribution in [3.8, 4) is 28.7 Å². The lowest BCUT2D eigenvalue weighted by atomic mass is 9.48. The molecule has 0 atom stereocenters. The molecule has 0 aliphatic heterocycles. The minimum absolute atomic E-state index is 0.239. The highest BCUT2D eigenvalue weighted by Gasteiger charge is 2.52. The second-order valence-electron chi connectivity index (χ2n) is 17.9. The normalized spacial score (nSPS) is 23.1. The Morgan fingerprint density at radius 3 is 1.02 bits per heavy atom. The SMILES string of the molecule is CC.CCC.CCc1cc(C23CC4CC(CC(C4)C2)C3)cc(C)c1O.Oc1ccc(C2(c3ccc(O)cc3)CCC(c3ccc(O)cc3)(c3ccc(O)cc3)CC2)cc1. The summed E-state index contributed by atoms with van der Waals surface area (Å²) in [5, 5.41) is 49.8. The molecule has 5 fully saturated rings. The van der Waals surface area contributed by atoms with Gasteiger partial charge in [-0.1, -0.05) is 102 Å². The van der Waals surface area contributed by atoms with Gasteiger partial charge in [0, 0.05) is 10.8 Å². The predicted octanol–water partition coefficient (Wildman–Crippen LogP) is 13.5. The molecule has 59 heavy (non-hydrogen) atoms. The van der Waals surface area contributed by atoms with E-state index >= 15 is 0 Å². The van der Waals surface area contributed by atoms with Gasteiger partial charge in [-0.3, -0.25) is 0 Å². The van der Waals surface area contributed by atoms with Gasteiger partial charge in [0.1, 0.15) is 28.7 Å². The van der Waals surface area contributed by atoms with E-state index in [-0.39, 0.29) is 33.8 Å². The Hall–Kier alpha value is -4.90. The molecule has 0 radical (unpaired) electrons. The molecule has 10 rings (SSSR count). The third-order valence-electron chi connectivity index (χ3n) is 14.0. The summed E-state index contributed by atoms with van der Waals surface area (Å²) in [6.07, 6.45) is 14.3. The maximum atomic E-state index is 10.2. The van der Waals surface area contributed by atoms with E-state index in [0.29, 0.717) is 11.2 Å². The van der Waals surface area contributed by atoms with Crippen LogP contribution in [0.3, 0.4) is 0 Å². The zero-order valence-electron chi connectivity index (χ0n) is 36.3. The van der Waals surface area contributed by atoms with Crippen molar-refractivity contribution in [2.45, 2.75) is 135 Å². The fourth-order valence-corrected chi connectivity index (χ4v) is 11.6. The minimum Gasteiger partial charge on any atom is -0.508 e. The number of rotatable bonds is 6. The summed E-state index contributed by atoms with van der Waals surface area (Å²) in [6.45, 7) is 12.5. The Morgan fingerprint density at radius 2 is 0.746 bits per heavy atom. The zero-order valence-corrected chi connectivity index (χ0v) is 36.3. The monoisotopic (exact) mass is 797 g/mol. The largest absolute Gasteiger partial charge is 0.508 e. The highest BCUT2D eigenvalue weighted by molar-refractivity contribution is 5.49. The van der Waals surface area contributed by atoms with Gasteiger partial charge in [-0.05, 0) is 188 Å². The molecule has 4 bridgehead atoms. The van der Waals surface area contributed by atoms with Gasteiger partial charge in [0.05, 0.1) is 0 Å². The highest BCUT2D eigenvalue weighted by atomic mass is 16.3. The molecule has 0 unspecified atom stereocenters. The number of phenols is 5. The summed E-state index contributed by atoms with van der Waals surface area (Å²) < 4.78 is 0. The second-order valence-corrected chi connectivity index (χ2v) is 17.9. The fourth-order valence-electron chi connectivity index (χ4n) is 11.6. The number of aryl methyl sites for hydroxylation is 2. The maximum absolute atomic E-state index is 10.2. The number of hydrogen-bond acceptors (Lipinski definition) is 5. The van der Waals surface area contributed by atoms with Crippen LogP contribution >= 0.6 is 0 Å². The summed E-state index contributed by atoms with van der Waals surface area (Å²) in [5.41, 5.74) is 8.26. The van der Waals surface area contributed by atoms with Gasteiger partial charge in [-0.25, -0.2) is 0 Å². The zero-order chi connectivity index (χ0) is 42.4. The van der Waals surface area contributed by atoms with Crippen LogP contribution in [0.15, 0.2) is 109 Å². The van der Waals surface area contributed by atoms with E-state index in [1.54, 1.807) is 54.1 Å². The van der Waals surface area contributed by atoms with Crippen LogP contribution in [0, 0.1) is 24.7 Å². The van der Waals surface area contributed by atoms with Crippen molar-refractivity contribution >= 4 is 0 Å². The lowest BCUT2D eigenvalue weighted by Crippen LogP contribution is -2.48. The van der Waals surface area contributed by atoms with Crippen LogP contribution in [0.4, 0.5) is 0 Å². The van der Waals surface area contributed by atoms with Crippen molar-refractivity contribution in [3.63, 3.8) is 0 Å². The fraction of sp³-hybridized carbons (Fsp3) is 0.444. The van der Waals surface area contributed by atoms with Gasteiger partial charge in [-0.15, -0.1) is 0 Å². The Kier molecular flexibility index (Phi) is 13.7. The minimum atomic E-state index is -0.265. The average Bonchev–Trinajstić information content (AvgIpc) is 3.24. The number of phenolic OH excluding ortho intramolecular Hbond substituents is 5. The molecule has 5 nitrogen and oxygen atoms in total. The van der Waals surface area contributed by atoms with E-state index in [4.69, 9.17) is 0 Å². The quantitative estimate of drug-likeness (QED) is 0.118. The Labute approximate surface area is 353 Å². The van der Waals surface area contributed by atoms with E-state index in [1.807, 2.05) is 62.4 Å². The molecule has 0 spiro atoms. The first kappa shape index (κ1) is 43.7. The Bertz CT molecular complexity index is 1860. The van der Waals surface area contributed by atoms with Crippen LogP contribution in [0.2, 0.25) is 0 Å². The van der Waals surface area contributed by atoms with Crippen LogP contribution in [-0.2, 0) is 22.7 Å². The van der Waals surface area contributed by atoms with E-state index in [2.05, 4.69) is 39.8 Å². The molecule has 5 saturated carbocycles. The Morgan fingerprint density at radius 1 is 0.458 bits per heavy atom. The van der Waals surface area contributed by atoms with E-state index in [0.717, 1.165) is 83.2 Å². The topological polar surface area (TPSA) is 101 Å². The molecule has 314 valence electrons. The summed E-state index contributed by atoms with van der Waals surface area (Å²) in [4.78, 5) is 0. The molecule has 5 aromatic carbocycles. The van der Waals surface area contributed by atoms with Crippen LogP contribution in [0.25, 0.3) is 0 Å². The van der Waals surface area contributed by atoms with Crippen molar-refractivity contribution in [1.29, 1.82) is 0 Å². The van der Waals surface area contributed by atoms with Crippen LogP contribution in [0.5, 0.6) is 28.7 Å². The van der Waals surface area contributed by atoms with Crippen LogP contribution in [-0.4, -0.2) is 25.5 Å². The molecule has 5 aromatic rings. The molecule has 5 aliphatic rings. The van der Waals surface area contributed by atoms with Crippen molar-refractivity contribution in [1.82, 2.24) is 0 Å². The maximum Gasteiger partial charge on any atom is 0.121 e. The average molecular weight is 797 g/mol. The lowest BCUT2D eigenvalue weighted by Gasteiger charge is -2.57. The molecule has 0 aromatic heterocycles. The summed E-state index contributed by atoms with van der Waals surface area (Å²) >= 11 is 0. The van der Waals surface area contributed by atoms with Gasteiger partial charge < -0.3 is 25.5 Å². The van der Waals surface area contributed by atoms with Crippen molar-refractivity contribution < 1.29 is 25.5 Å².